The molecule has 0 aromatic carbocycles. The highest BCUT2D eigenvalue weighted by Gasteiger charge is 2.09. The van der Waals surface area contributed by atoms with Crippen molar-refractivity contribution in [2.75, 3.05) is 6.54 Å². The summed E-state index contributed by atoms with van der Waals surface area (Å²) < 4.78 is 0. The number of hydrogen-bond acceptors (Lipinski definition) is 4. The van der Waals surface area contributed by atoms with Crippen LogP contribution in [-0.2, 0) is 11.3 Å². The number of carbonyl (C=O) groups is 1. The van der Waals surface area contributed by atoms with E-state index >= 15 is 0 Å². The van der Waals surface area contributed by atoms with Gasteiger partial charge in [-0.2, -0.15) is 0 Å². The van der Waals surface area contributed by atoms with E-state index in [4.69, 9.17) is 10.8 Å². The summed E-state index contributed by atoms with van der Waals surface area (Å²) in [5, 5.41) is 11.9. The SMILES string of the molecule is N[C@H](CCCCNCc1cccnc1)C(=O)O. The summed E-state index contributed by atoms with van der Waals surface area (Å²) in [4.78, 5) is 14.5. The molecule has 0 aliphatic carbocycles. The molecule has 5 nitrogen and oxygen atoms in total. The molecule has 0 aliphatic heterocycles. The van der Waals surface area contributed by atoms with E-state index in [-0.39, 0.29) is 0 Å². The lowest BCUT2D eigenvalue weighted by molar-refractivity contribution is -0.138. The fourth-order valence-corrected chi connectivity index (χ4v) is 1.47. The summed E-state index contributed by atoms with van der Waals surface area (Å²) in [6.07, 6.45) is 5.86. The van der Waals surface area contributed by atoms with E-state index in [9.17, 15) is 4.79 Å². The Morgan fingerprint density at radius 1 is 1.53 bits per heavy atom. The fourth-order valence-electron chi connectivity index (χ4n) is 1.47. The van der Waals surface area contributed by atoms with Gasteiger partial charge in [-0.25, -0.2) is 0 Å². The van der Waals surface area contributed by atoms with Crippen LogP contribution in [0.1, 0.15) is 24.8 Å². The molecule has 0 unspecified atom stereocenters. The minimum absolute atomic E-state index is 0.532. The monoisotopic (exact) mass is 237 g/mol. The van der Waals surface area contributed by atoms with Crippen molar-refractivity contribution < 1.29 is 9.90 Å². The van der Waals surface area contributed by atoms with Gasteiger partial charge in [0.25, 0.3) is 0 Å². The molecule has 0 aliphatic rings. The van der Waals surface area contributed by atoms with Crippen LogP contribution in [0, 0.1) is 0 Å². The summed E-state index contributed by atoms with van der Waals surface area (Å²) in [6, 6.07) is 3.19. The molecule has 0 amide bonds. The first kappa shape index (κ1) is 13.6. The minimum Gasteiger partial charge on any atom is -0.480 e. The molecule has 0 spiro atoms. The molecule has 0 bridgehead atoms. The molecule has 0 saturated heterocycles. The Kier molecular flexibility index (Phi) is 6.21. The van der Waals surface area contributed by atoms with Crippen LogP contribution < -0.4 is 11.1 Å². The van der Waals surface area contributed by atoms with Gasteiger partial charge in [0.15, 0.2) is 0 Å². The average molecular weight is 237 g/mol. The van der Waals surface area contributed by atoms with Crippen molar-refractivity contribution in [3.8, 4) is 0 Å². The van der Waals surface area contributed by atoms with Gasteiger partial charge in [0.2, 0.25) is 0 Å². The zero-order chi connectivity index (χ0) is 12.5. The van der Waals surface area contributed by atoms with Gasteiger partial charge < -0.3 is 16.2 Å². The number of unbranched alkanes of at least 4 members (excludes halogenated alkanes) is 1. The molecule has 1 aromatic heterocycles. The van der Waals surface area contributed by atoms with E-state index < -0.39 is 12.0 Å². The standard InChI is InChI=1S/C12H19N3O2/c13-11(12(16)17)5-1-2-6-14-8-10-4-3-7-15-9-10/h3-4,7,9,11,14H,1-2,5-6,8,13H2,(H,16,17)/t11-/m1/s1. The smallest absolute Gasteiger partial charge is 0.320 e. The predicted octanol–water partition coefficient (Wildman–Crippen LogP) is 0.753. The van der Waals surface area contributed by atoms with E-state index in [1.807, 2.05) is 18.3 Å². The topological polar surface area (TPSA) is 88.2 Å². The Bertz CT molecular complexity index is 330. The molecule has 5 heteroatoms. The maximum absolute atomic E-state index is 10.5. The van der Waals surface area contributed by atoms with Crippen LogP contribution in [0.5, 0.6) is 0 Å². The minimum atomic E-state index is -0.923. The number of aromatic nitrogens is 1. The van der Waals surface area contributed by atoms with Gasteiger partial charge >= 0.3 is 5.97 Å². The zero-order valence-electron chi connectivity index (χ0n) is 9.80. The summed E-state index contributed by atoms with van der Waals surface area (Å²) in [7, 11) is 0. The van der Waals surface area contributed by atoms with E-state index in [0.29, 0.717) is 6.42 Å². The van der Waals surface area contributed by atoms with E-state index in [0.717, 1.165) is 31.5 Å². The highest BCUT2D eigenvalue weighted by atomic mass is 16.4. The molecular formula is C12H19N3O2. The van der Waals surface area contributed by atoms with Gasteiger partial charge in [0.1, 0.15) is 6.04 Å². The lowest BCUT2D eigenvalue weighted by atomic mass is 10.1. The number of aliphatic carboxylic acids is 1. The number of nitrogens with two attached hydrogens (primary N) is 1. The normalized spacial score (nSPS) is 12.3. The molecule has 0 saturated carbocycles. The lowest BCUT2D eigenvalue weighted by Gasteiger charge is -2.07. The maximum atomic E-state index is 10.5. The molecule has 94 valence electrons. The van der Waals surface area contributed by atoms with Gasteiger partial charge in [-0.05, 0) is 31.0 Å². The summed E-state index contributed by atoms with van der Waals surface area (Å²) >= 11 is 0. The third kappa shape index (κ3) is 5.99. The molecule has 1 rings (SSSR count). The highest BCUT2D eigenvalue weighted by molar-refractivity contribution is 5.72. The van der Waals surface area contributed by atoms with Crippen molar-refractivity contribution in [2.45, 2.75) is 31.8 Å². The summed E-state index contributed by atoms with van der Waals surface area (Å²) in [6.45, 7) is 1.65. The number of rotatable bonds is 8. The van der Waals surface area contributed by atoms with Crippen LogP contribution in [0.3, 0.4) is 0 Å². The molecule has 17 heavy (non-hydrogen) atoms. The number of hydrogen-bond donors (Lipinski definition) is 3. The Balaban J connectivity index is 2.00. The summed E-state index contributed by atoms with van der Waals surface area (Å²) in [5.41, 5.74) is 6.54. The number of carboxylic acids is 1. The zero-order valence-corrected chi connectivity index (χ0v) is 9.80. The van der Waals surface area contributed by atoms with Crippen molar-refractivity contribution in [2.24, 2.45) is 5.73 Å². The highest BCUT2D eigenvalue weighted by Crippen LogP contribution is 1.99. The van der Waals surface area contributed by atoms with E-state index in [2.05, 4.69) is 10.3 Å². The molecule has 4 N–H and O–H groups in total. The average Bonchev–Trinajstić information content (AvgIpc) is 2.34. The van der Waals surface area contributed by atoms with Crippen molar-refractivity contribution in [1.82, 2.24) is 10.3 Å². The molecular weight excluding hydrogens is 218 g/mol. The first-order valence-corrected chi connectivity index (χ1v) is 5.78. The van der Waals surface area contributed by atoms with Crippen LogP contribution in [0.4, 0.5) is 0 Å². The number of pyridine rings is 1. The van der Waals surface area contributed by atoms with Gasteiger partial charge in [-0.3, -0.25) is 9.78 Å². The van der Waals surface area contributed by atoms with E-state index in [1.165, 1.54) is 0 Å². The molecule has 1 atom stereocenters. The van der Waals surface area contributed by atoms with Crippen LogP contribution in [0.15, 0.2) is 24.5 Å². The molecule has 1 heterocycles. The van der Waals surface area contributed by atoms with Crippen molar-refractivity contribution >= 4 is 5.97 Å². The molecule has 0 fully saturated rings. The maximum Gasteiger partial charge on any atom is 0.320 e. The lowest BCUT2D eigenvalue weighted by Crippen LogP contribution is -2.30. The van der Waals surface area contributed by atoms with Gasteiger partial charge in [0, 0.05) is 18.9 Å². The second-order valence-corrected chi connectivity index (χ2v) is 3.98. The predicted molar refractivity (Wildman–Crippen MR) is 65.4 cm³/mol. The number of carboxylic acid groups (broad SMARTS) is 1. The van der Waals surface area contributed by atoms with Crippen molar-refractivity contribution in [3.05, 3.63) is 30.1 Å². The second kappa shape index (κ2) is 7.76. The molecule has 0 radical (unpaired) electrons. The largest absolute Gasteiger partial charge is 0.480 e. The van der Waals surface area contributed by atoms with Crippen molar-refractivity contribution in [3.63, 3.8) is 0 Å². The Morgan fingerprint density at radius 3 is 3.00 bits per heavy atom. The second-order valence-electron chi connectivity index (χ2n) is 3.98. The first-order chi connectivity index (χ1) is 8.20. The molecule has 1 aromatic rings. The first-order valence-electron chi connectivity index (χ1n) is 5.78. The van der Waals surface area contributed by atoms with Gasteiger partial charge in [-0.1, -0.05) is 12.5 Å². The van der Waals surface area contributed by atoms with Crippen LogP contribution in [0.25, 0.3) is 0 Å². The van der Waals surface area contributed by atoms with Crippen LogP contribution in [-0.4, -0.2) is 28.6 Å². The number of nitrogens with zero attached hydrogens (tertiary/aromatic N) is 1. The quantitative estimate of drug-likeness (QED) is 0.581. The van der Waals surface area contributed by atoms with Gasteiger partial charge in [-0.15, -0.1) is 0 Å². The third-order valence-corrected chi connectivity index (χ3v) is 2.49. The van der Waals surface area contributed by atoms with Crippen LogP contribution >= 0.6 is 0 Å². The Morgan fingerprint density at radius 2 is 2.35 bits per heavy atom. The van der Waals surface area contributed by atoms with Crippen molar-refractivity contribution in [1.29, 1.82) is 0 Å². The van der Waals surface area contributed by atoms with Gasteiger partial charge in [0.05, 0.1) is 0 Å². The third-order valence-electron chi connectivity index (χ3n) is 2.49. The van der Waals surface area contributed by atoms with Crippen LogP contribution in [0.2, 0.25) is 0 Å². The fraction of sp³-hybridized carbons (Fsp3) is 0.500. The Hall–Kier alpha value is -1.46. The Labute approximate surface area is 101 Å². The number of nitrogens with one attached hydrogen (secondary N) is 1. The van der Waals surface area contributed by atoms with E-state index in [1.54, 1.807) is 6.20 Å². The summed E-state index contributed by atoms with van der Waals surface area (Å²) in [5.74, 6) is -0.923.